The van der Waals surface area contributed by atoms with Crippen LogP contribution in [0.2, 0.25) is 0 Å². The zero-order valence-electron chi connectivity index (χ0n) is 11.0. The van der Waals surface area contributed by atoms with Gasteiger partial charge in [0.05, 0.1) is 5.84 Å². The lowest BCUT2D eigenvalue weighted by molar-refractivity contribution is 0.718. The first-order valence-corrected chi connectivity index (χ1v) is 5.83. The monoisotopic (exact) mass is 235 g/mol. The maximum atomic E-state index is 7.40. The highest BCUT2D eigenvalue weighted by atomic mass is 15.2. The molecule has 17 heavy (non-hydrogen) atoms. The molecule has 1 aromatic rings. The van der Waals surface area contributed by atoms with Crippen LogP contribution in [0.5, 0.6) is 0 Å². The van der Waals surface area contributed by atoms with Gasteiger partial charge in [-0.2, -0.15) is 0 Å². The van der Waals surface area contributed by atoms with E-state index in [4.69, 9.17) is 11.1 Å². The first-order chi connectivity index (χ1) is 7.93. The molecule has 0 aliphatic heterocycles. The van der Waals surface area contributed by atoms with Crippen LogP contribution in [0.25, 0.3) is 0 Å². The Morgan fingerprint density at radius 1 is 1.53 bits per heavy atom. The predicted octanol–water partition coefficient (Wildman–Crippen LogP) is 1.36. The molecule has 0 saturated carbocycles. The molecule has 0 amide bonds. The van der Waals surface area contributed by atoms with Crippen molar-refractivity contribution >= 4 is 11.7 Å². The molecule has 5 nitrogen and oxygen atoms in total. The average molecular weight is 235 g/mol. The molecule has 1 aromatic heterocycles. The van der Waals surface area contributed by atoms with Crippen molar-refractivity contribution in [2.75, 3.05) is 18.5 Å². The first kappa shape index (κ1) is 13.4. The number of nitrogens with two attached hydrogens (primary N) is 1. The Labute approximate surface area is 103 Å². The summed E-state index contributed by atoms with van der Waals surface area (Å²) in [6, 6.07) is 1.99. The summed E-state index contributed by atoms with van der Waals surface area (Å²) in [5.41, 5.74) is 6.51. The normalized spacial score (nSPS) is 12.2. The number of hydrogen-bond acceptors (Lipinski definition) is 4. The van der Waals surface area contributed by atoms with E-state index in [1.54, 1.807) is 0 Å². The Morgan fingerprint density at radius 2 is 2.18 bits per heavy atom. The van der Waals surface area contributed by atoms with E-state index in [1.807, 2.05) is 31.9 Å². The van der Waals surface area contributed by atoms with Gasteiger partial charge in [-0.1, -0.05) is 13.8 Å². The smallest absolute Gasteiger partial charge is 0.132 e. The van der Waals surface area contributed by atoms with Gasteiger partial charge in [0.2, 0.25) is 0 Å². The number of aryl methyl sites for hydroxylation is 2. The summed E-state index contributed by atoms with van der Waals surface area (Å²) in [5, 5.41) is 7.40. The lowest BCUT2D eigenvalue weighted by Crippen LogP contribution is -2.32. The Morgan fingerprint density at radius 3 is 2.71 bits per heavy atom. The summed E-state index contributed by atoms with van der Waals surface area (Å²) in [6.07, 6.45) is 0.895. The Balaban J connectivity index is 2.84. The molecule has 0 bridgehead atoms. The molecule has 1 unspecified atom stereocenters. The van der Waals surface area contributed by atoms with Gasteiger partial charge >= 0.3 is 0 Å². The molecule has 0 aliphatic rings. The van der Waals surface area contributed by atoms with Crippen LogP contribution in [0, 0.1) is 18.3 Å². The second-order valence-corrected chi connectivity index (χ2v) is 4.36. The van der Waals surface area contributed by atoms with Crippen LogP contribution in [-0.4, -0.2) is 29.4 Å². The third kappa shape index (κ3) is 3.69. The van der Waals surface area contributed by atoms with Gasteiger partial charge < -0.3 is 10.6 Å². The molecule has 5 heteroatoms. The molecular weight excluding hydrogens is 214 g/mol. The fourth-order valence-corrected chi connectivity index (χ4v) is 1.59. The Bertz CT molecular complexity index is 402. The van der Waals surface area contributed by atoms with E-state index in [-0.39, 0.29) is 11.8 Å². The van der Waals surface area contributed by atoms with Gasteiger partial charge in [-0.25, -0.2) is 9.97 Å². The molecule has 1 atom stereocenters. The summed E-state index contributed by atoms with van der Waals surface area (Å²) >= 11 is 0. The Kier molecular flexibility index (Phi) is 4.43. The van der Waals surface area contributed by atoms with Gasteiger partial charge in [-0.15, -0.1) is 0 Å². The third-order valence-corrected chi connectivity index (χ3v) is 2.71. The molecule has 0 spiro atoms. The second-order valence-electron chi connectivity index (χ2n) is 4.36. The standard InChI is InChI=1S/C12H21N5/c1-5-10-6-11(16-9(3)15-10)17(4)7-8(2)12(13)14/h6,8H,5,7H2,1-4H3,(H3,13,14). The lowest BCUT2D eigenvalue weighted by Gasteiger charge is -2.22. The van der Waals surface area contributed by atoms with Crippen molar-refractivity contribution in [3.8, 4) is 0 Å². The number of amidine groups is 1. The molecule has 94 valence electrons. The lowest BCUT2D eigenvalue weighted by atomic mass is 10.1. The van der Waals surface area contributed by atoms with Crippen LogP contribution in [0.3, 0.4) is 0 Å². The summed E-state index contributed by atoms with van der Waals surface area (Å²) in [7, 11) is 1.96. The molecule has 0 radical (unpaired) electrons. The summed E-state index contributed by atoms with van der Waals surface area (Å²) < 4.78 is 0. The van der Waals surface area contributed by atoms with Crippen molar-refractivity contribution in [3.05, 3.63) is 17.6 Å². The zero-order valence-corrected chi connectivity index (χ0v) is 11.0. The molecule has 3 N–H and O–H groups in total. The molecule has 1 heterocycles. The highest BCUT2D eigenvalue weighted by Crippen LogP contribution is 2.13. The average Bonchev–Trinajstić information content (AvgIpc) is 2.27. The van der Waals surface area contributed by atoms with Crippen molar-refractivity contribution in [1.29, 1.82) is 5.41 Å². The van der Waals surface area contributed by atoms with E-state index in [0.717, 1.165) is 23.8 Å². The minimum absolute atomic E-state index is 0.0281. The maximum Gasteiger partial charge on any atom is 0.132 e. The van der Waals surface area contributed by atoms with E-state index < -0.39 is 0 Å². The summed E-state index contributed by atoms with van der Waals surface area (Å²) in [5.74, 6) is 1.91. The van der Waals surface area contributed by atoms with Gasteiger partial charge in [0.15, 0.2) is 0 Å². The van der Waals surface area contributed by atoms with Gasteiger partial charge in [-0.3, -0.25) is 5.41 Å². The fraction of sp³-hybridized carbons (Fsp3) is 0.583. The van der Waals surface area contributed by atoms with E-state index >= 15 is 0 Å². The third-order valence-electron chi connectivity index (χ3n) is 2.71. The second kappa shape index (κ2) is 5.61. The van der Waals surface area contributed by atoms with Crippen LogP contribution in [0.15, 0.2) is 6.07 Å². The SMILES string of the molecule is CCc1cc(N(C)CC(C)C(=N)N)nc(C)n1. The summed E-state index contributed by atoms with van der Waals surface area (Å²) in [6.45, 7) is 6.59. The highest BCUT2D eigenvalue weighted by Gasteiger charge is 2.11. The number of nitrogens with zero attached hydrogens (tertiary/aromatic N) is 3. The quantitative estimate of drug-likeness (QED) is 0.596. The maximum absolute atomic E-state index is 7.40. The molecular formula is C12H21N5. The van der Waals surface area contributed by atoms with Crippen LogP contribution < -0.4 is 10.6 Å². The minimum atomic E-state index is 0.0281. The summed E-state index contributed by atoms with van der Waals surface area (Å²) in [4.78, 5) is 10.8. The largest absolute Gasteiger partial charge is 0.387 e. The van der Waals surface area contributed by atoms with Gasteiger partial charge in [0.1, 0.15) is 11.6 Å². The number of aromatic nitrogens is 2. The minimum Gasteiger partial charge on any atom is -0.387 e. The van der Waals surface area contributed by atoms with Crippen LogP contribution in [0.1, 0.15) is 25.4 Å². The highest BCUT2D eigenvalue weighted by molar-refractivity contribution is 5.79. The van der Waals surface area contributed by atoms with E-state index in [1.165, 1.54) is 0 Å². The molecule has 0 aliphatic carbocycles. The molecule has 0 aromatic carbocycles. The number of anilines is 1. The van der Waals surface area contributed by atoms with Crippen molar-refractivity contribution < 1.29 is 0 Å². The number of hydrogen-bond donors (Lipinski definition) is 2. The van der Waals surface area contributed by atoms with Crippen molar-refractivity contribution in [2.45, 2.75) is 27.2 Å². The molecule has 0 fully saturated rings. The van der Waals surface area contributed by atoms with Gasteiger partial charge in [0.25, 0.3) is 0 Å². The van der Waals surface area contributed by atoms with Gasteiger partial charge in [0, 0.05) is 31.3 Å². The predicted molar refractivity (Wildman–Crippen MR) is 70.5 cm³/mol. The first-order valence-electron chi connectivity index (χ1n) is 5.83. The van der Waals surface area contributed by atoms with E-state index in [9.17, 15) is 0 Å². The van der Waals surface area contributed by atoms with Crippen molar-refractivity contribution in [1.82, 2.24) is 9.97 Å². The number of nitrogens with one attached hydrogen (secondary N) is 1. The number of rotatable bonds is 5. The molecule has 1 rings (SSSR count). The van der Waals surface area contributed by atoms with Crippen LogP contribution >= 0.6 is 0 Å². The van der Waals surface area contributed by atoms with Crippen molar-refractivity contribution in [3.63, 3.8) is 0 Å². The topological polar surface area (TPSA) is 78.9 Å². The van der Waals surface area contributed by atoms with E-state index in [2.05, 4.69) is 16.9 Å². The van der Waals surface area contributed by atoms with Gasteiger partial charge in [-0.05, 0) is 13.3 Å². The van der Waals surface area contributed by atoms with E-state index in [0.29, 0.717) is 6.54 Å². The van der Waals surface area contributed by atoms with Crippen molar-refractivity contribution in [2.24, 2.45) is 11.7 Å². The molecule has 0 saturated heterocycles. The van der Waals surface area contributed by atoms with Crippen LogP contribution in [0.4, 0.5) is 5.82 Å². The van der Waals surface area contributed by atoms with Crippen LogP contribution in [-0.2, 0) is 6.42 Å². The Hall–Kier alpha value is -1.65. The zero-order chi connectivity index (χ0) is 13.0. The fourth-order valence-electron chi connectivity index (χ4n) is 1.59.